The first-order chi connectivity index (χ1) is 17.0. The summed E-state index contributed by atoms with van der Waals surface area (Å²) in [5.74, 6) is 0.0923. The lowest BCUT2D eigenvalue weighted by Crippen LogP contribution is -2.22. The molecule has 0 bridgehead atoms. The van der Waals surface area contributed by atoms with Crippen LogP contribution in [0.2, 0.25) is 0 Å². The van der Waals surface area contributed by atoms with Crippen molar-refractivity contribution in [2.24, 2.45) is 0 Å². The van der Waals surface area contributed by atoms with Gasteiger partial charge < -0.3 is 10.6 Å². The predicted molar refractivity (Wildman–Crippen MR) is 146 cm³/mol. The second-order valence-electron chi connectivity index (χ2n) is 8.59. The Morgan fingerprint density at radius 3 is 2.57 bits per heavy atom. The van der Waals surface area contributed by atoms with Gasteiger partial charge in [0.2, 0.25) is 5.91 Å². The van der Waals surface area contributed by atoms with Crippen molar-refractivity contribution < 1.29 is 9.59 Å². The van der Waals surface area contributed by atoms with E-state index in [-0.39, 0.29) is 17.7 Å². The molecule has 2 N–H and O–H groups in total. The SMILES string of the molecule is C=CCNC(=O)CCCC(CCC)c1nc(C(=O)Nc2ccccc2-c2ccc(CC)cc2)cs1. The van der Waals surface area contributed by atoms with Crippen LogP contribution in [0.3, 0.4) is 0 Å². The van der Waals surface area contributed by atoms with Crippen LogP contribution in [0.4, 0.5) is 5.69 Å². The van der Waals surface area contributed by atoms with Crippen LogP contribution in [0.1, 0.15) is 72.9 Å². The molecule has 0 aliphatic heterocycles. The Hall–Kier alpha value is -3.25. The van der Waals surface area contributed by atoms with Crippen LogP contribution in [-0.2, 0) is 11.2 Å². The highest BCUT2D eigenvalue weighted by atomic mass is 32.1. The number of nitrogens with zero attached hydrogens (tertiary/aromatic N) is 1. The van der Waals surface area contributed by atoms with Crippen molar-refractivity contribution in [1.82, 2.24) is 10.3 Å². The summed E-state index contributed by atoms with van der Waals surface area (Å²) < 4.78 is 0. The lowest BCUT2D eigenvalue weighted by molar-refractivity contribution is -0.121. The number of aromatic nitrogens is 1. The van der Waals surface area contributed by atoms with Crippen LogP contribution in [0.5, 0.6) is 0 Å². The first-order valence-corrected chi connectivity index (χ1v) is 13.3. The van der Waals surface area contributed by atoms with Crippen LogP contribution >= 0.6 is 11.3 Å². The molecule has 1 atom stereocenters. The van der Waals surface area contributed by atoms with E-state index in [2.05, 4.69) is 55.3 Å². The molecule has 2 amide bonds. The van der Waals surface area contributed by atoms with Crippen molar-refractivity contribution in [2.75, 3.05) is 11.9 Å². The van der Waals surface area contributed by atoms with Gasteiger partial charge in [0, 0.05) is 35.5 Å². The number of amides is 2. The van der Waals surface area contributed by atoms with Gasteiger partial charge in [0.25, 0.3) is 5.91 Å². The van der Waals surface area contributed by atoms with Gasteiger partial charge in [-0.1, -0.05) is 68.8 Å². The molecule has 0 aliphatic carbocycles. The maximum atomic E-state index is 13.1. The fourth-order valence-electron chi connectivity index (χ4n) is 4.05. The molecule has 5 nitrogen and oxygen atoms in total. The average Bonchev–Trinajstić information content (AvgIpc) is 3.38. The first-order valence-electron chi connectivity index (χ1n) is 12.4. The van der Waals surface area contributed by atoms with E-state index in [1.54, 1.807) is 6.08 Å². The molecule has 0 saturated carbocycles. The summed E-state index contributed by atoms with van der Waals surface area (Å²) in [6.45, 7) is 8.40. The largest absolute Gasteiger partial charge is 0.353 e. The third kappa shape index (κ3) is 7.62. The normalized spacial score (nSPS) is 11.6. The Kier molecular flexibility index (Phi) is 10.2. The number of hydrogen-bond acceptors (Lipinski definition) is 4. The number of carbonyl (C=O) groups excluding carboxylic acids is 2. The second-order valence-corrected chi connectivity index (χ2v) is 9.48. The van der Waals surface area contributed by atoms with Gasteiger partial charge in [-0.25, -0.2) is 4.98 Å². The van der Waals surface area contributed by atoms with Gasteiger partial charge in [0.15, 0.2) is 0 Å². The highest BCUT2D eigenvalue weighted by Gasteiger charge is 2.19. The van der Waals surface area contributed by atoms with E-state index in [0.717, 1.165) is 53.9 Å². The molecule has 3 rings (SSSR count). The summed E-state index contributed by atoms with van der Waals surface area (Å²) in [4.78, 5) is 29.6. The summed E-state index contributed by atoms with van der Waals surface area (Å²) in [7, 11) is 0. The number of anilines is 1. The molecule has 6 heteroatoms. The summed E-state index contributed by atoms with van der Waals surface area (Å²) in [5.41, 5.74) is 4.54. The number of para-hydroxylation sites is 1. The van der Waals surface area contributed by atoms with E-state index in [4.69, 9.17) is 4.98 Å². The third-order valence-corrected chi connectivity index (χ3v) is 7.00. The Bertz CT molecular complexity index is 1120. The van der Waals surface area contributed by atoms with Crippen LogP contribution in [-0.4, -0.2) is 23.3 Å². The minimum Gasteiger partial charge on any atom is -0.353 e. The van der Waals surface area contributed by atoms with Gasteiger partial charge in [-0.2, -0.15) is 0 Å². The molecular formula is C29H35N3O2S. The van der Waals surface area contributed by atoms with E-state index in [1.165, 1.54) is 16.9 Å². The second kappa shape index (κ2) is 13.6. The zero-order chi connectivity index (χ0) is 25.0. The minimum atomic E-state index is -0.204. The molecule has 0 radical (unpaired) electrons. The van der Waals surface area contributed by atoms with Crippen LogP contribution in [0.15, 0.2) is 66.6 Å². The zero-order valence-electron chi connectivity index (χ0n) is 20.7. The molecule has 1 unspecified atom stereocenters. The minimum absolute atomic E-state index is 0.0438. The standard InChI is InChI=1S/C29H35N3O2S/c1-4-10-23(11-9-14-27(33)30-19-5-2)29-32-26(20-35-29)28(34)31-25-13-8-7-12-24(25)22-17-15-21(6-3)16-18-22/h5,7-8,12-13,15-18,20,23H,2,4,6,9-11,14,19H2,1,3H3,(H,30,33)(H,31,34). The maximum Gasteiger partial charge on any atom is 0.275 e. The first kappa shape index (κ1) is 26.4. The van der Waals surface area contributed by atoms with E-state index in [9.17, 15) is 9.59 Å². The zero-order valence-corrected chi connectivity index (χ0v) is 21.5. The molecule has 0 spiro atoms. The molecule has 1 heterocycles. The molecule has 2 aromatic carbocycles. The molecule has 1 aromatic heterocycles. The summed E-state index contributed by atoms with van der Waals surface area (Å²) in [5, 5.41) is 8.68. The van der Waals surface area contributed by atoms with Gasteiger partial charge in [-0.3, -0.25) is 9.59 Å². The molecule has 0 aliphatic rings. The number of thiazole rings is 1. The Labute approximate surface area is 212 Å². The smallest absolute Gasteiger partial charge is 0.275 e. The van der Waals surface area contributed by atoms with E-state index in [0.29, 0.717) is 18.7 Å². The van der Waals surface area contributed by atoms with Gasteiger partial charge in [-0.15, -0.1) is 17.9 Å². The lowest BCUT2D eigenvalue weighted by atomic mass is 9.97. The Morgan fingerprint density at radius 2 is 1.86 bits per heavy atom. The summed E-state index contributed by atoms with van der Waals surface area (Å²) >= 11 is 1.53. The lowest BCUT2D eigenvalue weighted by Gasteiger charge is -2.13. The molecule has 0 saturated heterocycles. The predicted octanol–water partition coefficient (Wildman–Crippen LogP) is 6.98. The number of rotatable bonds is 13. The highest BCUT2D eigenvalue weighted by Crippen LogP contribution is 2.31. The summed E-state index contributed by atoms with van der Waals surface area (Å²) in [6, 6.07) is 16.3. The average molecular weight is 490 g/mol. The van der Waals surface area contributed by atoms with Gasteiger partial charge >= 0.3 is 0 Å². The monoisotopic (exact) mass is 489 g/mol. The highest BCUT2D eigenvalue weighted by molar-refractivity contribution is 7.10. The molecule has 184 valence electrons. The fourth-order valence-corrected chi connectivity index (χ4v) is 5.02. The van der Waals surface area contributed by atoms with Crippen molar-refractivity contribution in [3.8, 4) is 11.1 Å². The van der Waals surface area contributed by atoms with Crippen LogP contribution < -0.4 is 10.6 Å². The van der Waals surface area contributed by atoms with Crippen LogP contribution in [0, 0.1) is 0 Å². The molecule has 0 fully saturated rings. The van der Waals surface area contributed by atoms with Gasteiger partial charge in [0.05, 0.1) is 5.01 Å². The van der Waals surface area contributed by atoms with E-state index < -0.39 is 0 Å². The van der Waals surface area contributed by atoms with E-state index in [1.807, 2.05) is 29.6 Å². The van der Waals surface area contributed by atoms with Crippen molar-refractivity contribution >= 4 is 28.8 Å². The van der Waals surface area contributed by atoms with Gasteiger partial charge in [0.1, 0.15) is 5.69 Å². The quantitative estimate of drug-likeness (QED) is 0.254. The number of carbonyl (C=O) groups is 2. The van der Waals surface area contributed by atoms with Crippen molar-refractivity contribution in [1.29, 1.82) is 0 Å². The topological polar surface area (TPSA) is 71.1 Å². The molecule has 35 heavy (non-hydrogen) atoms. The molecule has 3 aromatic rings. The van der Waals surface area contributed by atoms with Gasteiger partial charge in [-0.05, 0) is 42.9 Å². The van der Waals surface area contributed by atoms with Crippen molar-refractivity contribution in [3.05, 3.63) is 82.8 Å². The number of hydrogen-bond donors (Lipinski definition) is 2. The van der Waals surface area contributed by atoms with Crippen molar-refractivity contribution in [2.45, 2.75) is 58.3 Å². The number of aryl methyl sites for hydroxylation is 1. The van der Waals surface area contributed by atoms with E-state index >= 15 is 0 Å². The Balaban J connectivity index is 1.67. The third-order valence-electron chi connectivity index (χ3n) is 5.99. The molecular weight excluding hydrogens is 454 g/mol. The Morgan fingerprint density at radius 1 is 1.09 bits per heavy atom. The number of nitrogens with one attached hydrogen (secondary N) is 2. The number of benzene rings is 2. The fraction of sp³-hybridized carbons (Fsp3) is 0.345. The van der Waals surface area contributed by atoms with Crippen LogP contribution in [0.25, 0.3) is 11.1 Å². The maximum absolute atomic E-state index is 13.1. The van der Waals surface area contributed by atoms with Crippen molar-refractivity contribution in [3.63, 3.8) is 0 Å². The summed E-state index contributed by atoms with van der Waals surface area (Å²) in [6.07, 6.45) is 6.84.